The van der Waals surface area contributed by atoms with Crippen LogP contribution in [0.1, 0.15) is 32.8 Å². The average Bonchev–Trinajstić information content (AvgIpc) is 2.43. The zero-order valence-electron chi connectivity index (χ0n) is 11.8. The molecule has 0 fully saturated rings. The van der Waals surface area contributed by atoms with Crippen LogP contribution in [0.4, 0.5) is 0 Å². The van der Waals surface area contributed by atoms with Gasteiger partial charge in [0.1, 0.15) is 5.75 Å². The number of carbonyl (C=O) groups excluding carboxylic acids is 1. The van der Waals surface area contributed by atoms with Crippen molar-refractivity contribution in [1.82, 2.24) is 4.90 Å². The molecule has 0 heterocycles. The predicted molar refractivity (Wildman–Crippen MR) is 73.8 cm³/mol. The van der Waals surface area contributed by atoms with Crippen molar-refractivity contribution in [1.29, 1.82) is 0 Å². The standard InChI is InChI=1S/C15H23NO2/c1-5-12(3)16(4)15(17)11-18-14-9-7-13(6-2)8-10-14/h7-10,12H,5-6,11H2,1-4H3. The molecule has 0 radical (unpaired) electrons. The summed E-state index contributed by atoms with van der Waals surface area (Å²) in [5.74, 6) is 0.766. The molecule has 0 aliphatic rings. The number of carbonyl (C=O) groups is 1. The Bertz CT molecular complexity index is 373. The van der Waals surface area contributed by atoms with Crippen LogP contribution in [0.5, 0.6) is 5.75 Å². The Morgan fingerprint density at radius 2 is 1.89 bits per heavy atom. The Hall–Kier alpha value is -1.51. The number of hydrogen-bond donors (Lipinski definition) is 0. The van der Waals surface area contributed by atoms with E-state index in [1.807, 2.05) is 38.2 Å². The lowest BCUT2D eigenvalue weighted by molar-refractivity contribution is -0.133. The summed E-state index contributed by atoms with van der Waals surface area (Å²) in [4.78, 5) is 13.6. The molecule has 0 spiro atoms. The van der Waals surface area contributed by atoms with Gasteiger partial charge in [0, 0.05) is 13.1 Å². The van der Waals surface area contributed by atoms with Crippen LogP contribution in [0.3, 0.4) is 0 Å². The number of aryl methyl sites for hydroxylation is 1. The lowest BCUT2D eigenvalue weighted by Crippen LogP contribution is -2.37. The molecule has 3 nitrogen and oxygen atoms in total. The van der Waals surface area contributed by atoms with Crippen molar-refractivity contribution in [2.45, 2.75) is 39.7 Å². The molecule has 1 atom stereocenters. The van der Waals surface area contributed by atoms with Crippen LogP contribution < -0.4 is 4.74 Å². The molecule has 18 heavy (non-hydrogen) atoms. The van der Waals surface area contributed by atoms with E-state index >= 15 is 0 Å². The third-order valence-electron chi connectivity index (χ3n) is 3.34. The predicted octanol–water partition coefficient (Wildman–Crippen LogP) is 2.88. The highest BCUT2D eigenvalue weighted by molar-refractivity contribution is 5.77. The first-order valence-electron chi connectivity index (χ1n) is 6.55. The number of hydrogen-bond acceptors (Lipinski definition) is 2. The molecule has 0 saturated heterocycles. The third kappa shape index (κ3) is 4.06. The van der Waals surface area contributed by atoms with Crippen LogP contribution in [-0.4, -0.2) is 30.5 Å². The number of nitrogens with zero attached hydrogens (tertiary/aromatic N) is 1. The van der Waals surface area contributed by atoms with Crippen molar-refractivity contribution in [3.05, 3.63) is 29.8 Å². The van der Waals surface area contributed by atoms with Gasteiger partial charge in [-0.3, -0.25) is 4.79 Å². The van der Waals surface area contributed by atoms with E-state index in [4.69, 9.17) is 4.74 Å². The van der Waals surface area contributed by atoms with Crippen LogP contribution in [0.2, 0.25) is 0 Å². The number of rotatable bonds is 6. The zero-order chi connectivity index (χ0) is 13.5. The summed E-state index contributed by atoms with van der Waals surface area (Å²) in [5, 5.41) is 0. The topological polar surface area (TPSA) is 29.5 Å². The van der Waals surface area contributed by atoms with Crippen LogP contribution >= 0.6 is 0 Å². The number of amides is 1. The van der Waals surface area contributed by atoms with E-state index < -0.39 is 0 Å². The Labute approximate surface area is 110 Å². The van der Waals surface area contributed by atoms with Crippen molar-refractivity contribution in [2.75, 3.05) is 13.7 Å². The summed E-state index contributed by atoms with van der Waals surface area (Å²) in [6.07, 6.45) is 1.96. The minimum atomic E-state index is 0.0175. The smallest absolute Gasteiger partial charge is 0.260 e. The van der Waals surface area contributed by atoms with Gasteiger partial charge in [-0.2, -0.15) is 0 Å². The maximum Gasteiger partial charge on any atom is 0.260 e. The summed E-state index contributed by atoms with van der Waals surface area (Å²) in [6.45, 7) is 6.32. The molecule has 0 bridgehead atoms. The van der Waals surface area contributed by atoms with Gasteiger partial charge in [0.15, 0.2) is 6.61 Å². The minimum absolute atomic E-state index is 0.0175. The Morgan fingerprint density at radius 1 is 1.28 bits per heavy atom. The van der Waals surface area contributed by atoms with Crippen molar-refractivity contribution in [3.63, 3.8) is 0 Å². The molecule has 1 aromatic carbocycles. The summed E-state index contributed by atoms with van der Waals surface area (Å²) in [5.41, 5.74) is 1.27. The minimum Gasteiger partial charge on any atom is -0.484 e. The largest absolute Gasteiger partial charge is 0.484 e. The van der Waals surface area contributed by atoms with Crippen molar-refractivity contribution in [3.8, 4) is 5.75 Å². The fourth-order valence-corrected chi connectivity index (χ4v) is 1.59. The molecular formula is C15H23NO2. The first-order valence-corrected chi connectivity index (χ1v) is 6.55. The van der Waals surface area contributed by atoms with Gasteiger partial charge in [0.2, 0.25) is 0 Å². The molecule has 1 amide bonds. The second-order valence-corrected chi connectivity index (χ2v) is 4.55. The first kappa shape index (κ1) is 14.6. The van der Waals surface area contributed by atoms with Crippen LogP contribution in [0.15, 0.2) is 24.3 Å². The summed E-state index contributed by atoms with van der Waals surface area (Å²) < 4.78 is 5.49. The molecule has 100 valence electrons. The van der Waals surface area contributed by atoms with E-state index in [-0.39, 0.29) is 18.6 Å². The van der Waals surface area contributed by atoms with E-state index in [0.29, 0.717) is 0 Å². The Morgan fingerprint density at radius 3 is 2.39 bits per heavy atom. The van der Waals surface area contributed by atoms with E-state index in [9.17, 15) is 4.79 Å². The summed E-state index contributed by atoms with van der Waals surface area (Å²) in [6, 6.07) is 8.13. The molecule has 1 rings (SSSR count). The van der Waals surface area contributed by atoms with Gasteiger partial charge < -0.3 is 9.64 Å². The second-order valence-electron chi connectivity index (χ2n) is 4.55. The van der Waals surface area contributed by atoms with Crippen molar-refractivity contribution in [2.24, 2.45) is 0 Å². The average molecular weight is 249 g/mol. The monoisotopic (exact) mass is 249 g/mol. The molecule has 0 N–H and O–H groups in total. The molecule has 0 aliphatic carbocycles. The highest BCUT2D eigenvalue weighted by atomic mass is 16.5. The number of ether oxygens (including phenoxy) is 1. The Kier molecular flexibility index (Phi) is 5.69. The molecule has 0 aliphatic heterocycles. The fraction of sp³-hybridized carbons (Fsp3) is 0.533. The van der Waals surface area contributed by atoms with Crippen molar-refractivity contribution >= 4 is 5.91 Å². The SMILES string of the molecule is CCc1ccc(OCC(=O)N(C)C(C)CC)cc1. The van der Waals surface area contributed by atoms with Crippen LogP contribution in [0.25, 0.3) is 0 Å². The third-order valence-corrected chi connectivity index (χ3v) is 3.34. The molecule has 0 saturated carbocycles. The van der Waals surface area contributed by atoms with E-state index in [1.165, 1.54) is 5.56 Å². The van der Waals surface area contributed by atoms with Gasteiger partial charge >= 0.3 is 0 Å². The van der Waals surface area contributed by atoms with Gasteiger partial charge in [-0.05, 0) is 37.5 Å². The molecule has 1 aromatic rings. The van der Waals surface area contributed by atoms with Crippen molar-refractivity contribution < 1.29 is 9.53 Å². The highest BCUT2D eigenvalue weighted by Gasteiger charge is 2.14. The van der Waals surface area contributed by atoms with E-state index in [2.05, 4.69) is 13.8 Å². The molecule has 0 aromatic heterocycles. The summed E-state index contributed by atoms with van der Waals surface area (Å²) in [7, 11) is 1.82. The highest BCUT2D eigenvalue weighted by Crippen LogP contribution is 2.12. The lowest BCUT2D eigenvalue weighted by Gasteiger charge is -2.23. The Balaban J connectivity index is 2.46. The van der Waals surface area contributed by atoms with Crippen LogP contribution in [-0.2, 0) is 11.2 Å². The molecular weight excluding hydrogens is 226 g/mol. The van der Waals surface area contributed by atoms with Gasteiger partial charge in [-0.1, -0.05) is 26.0 Å². The number of benzene rings is 1. The second kappa shape index (κ2) is 7.04. The first-order chi connectivity index (χ1) is 8.58. The summed E-state index contributed by atoms with van der Waals surface area (Å²) >= 11 is 0. The van der Waals surface area contributed by atoms with E-state index in [1.54, 1.807) is 4.90 Å². The quantitative estimate of drug-likeness (QED) is 0.776. The fourth-order valence-electron chi connectivity index (χ4n) is 1.59. The van der Waals surface area contributed by atoms with Crippen LogP contribution in [0, 0.1) is 0 Å². The molecule has 1 unspecified atom stereocenters. The maximum absolute atomic E-state index is 11.8. The zero-order valence-corrected chi connectivity index (χ0v) is 11.8. The number of likely N-dealkylation sites (N-methyl/N-ethyl adjacent to an activating group) is 1. The van der Waals surface area contributed by atoms with Gasteiger partial charge in [0.25, 0.3) is 5.91 Å². The van der Waals surface area contributed by atoms with E-state index in [0.717, 1.165) is 18.6 Å². The molecule has 3 heteroatoms. The van der Waals surface area contributed by atoms with Gasteiger partial charge in [-0.25, -0.2) is 0 Å². The maximum atomic E-state index is 11.8. The van der Waals surface area contributed by atoms with Gasteiger partial charge in [0.05, 0.1) is 0 Å². The lowest BCUT2D eigenvalue weighted by atomic mass is 10.2. The normalized spacial score (nSPS) is 12.0. The van der Waals surface area contributed by atoms with Gasteiger partial charge in [-0.15, -0.1) is 0 Å².